The molecule has 0 saturated carbocycles. The van der Waals surface area contributed by atoms with Crippen LogP contribution in [0.25, 0.3) is 11.1 Å². The van der Waals surface area contributed by atoms with Crippen molar-refractivity contribution in [3.63, 3.8) is 0 Å². The van der Waals surface area contributed by atoms with Crippen molar-refractivity contribution < 1.29 is 18.0 Å². The second-order valence-electron chi connectivity index (χ2n) is 5.16. The Morgan fingerprint density at radius 1 is 0.667 bits per heavy atom. The van der Waals surface area contributed by atoms with Gasteiger partial charge in [-0.05, 0) is 44.0 Å². The Balaban J connectivity index is 2.30. The molecule has 2 rings (SSSR count). The third-order valence-corrected chi connectivity index (χ3v) is 6.71. The Bertz CT molecular complexity index is 593. The molecule has 0 aliphatic carbocycles. The predicted molar refractivity (Wildman–Crippen MR) is 98.7 cm³/mol. The first-order chi connectivity index (χ1) is 11.7. The van der Waals surface area contributed by atoms with Gasteiger partial charge >= 0.3 is 8.80 Å². The number of rotatable bonds is 9. The van der Waals surface area contributed by atoms with Crippen molar-refractivity contribution in [2.24, 2.45) is 0 Å². The molecule has 0 spiro atoms. The Morgan fingerprint density at radius 2 is 1.08 bits per heavy atom. The number of benzene rings is 2. The van der Waals surface area contributed by atoms with Crippen LogP contribution in [-0.4, -0.2) is 35.7 Å². The molecule has 2 aromatic rings. The van der Waals surface area contributed by atoms with E-state index in [4.69, 9.17) is 18.0 Å². The van der Waals surface area contributed by atoms with Crippen molar-refractivity contribution in [1.82, 2.24) is 0 Å². The number of hydrogen-bond donors (Lipinski definition) is 0. The van der Waals surface area contributed by atoms with Crippen LogP contribution in [0.4, 0.5) is 0 Å². The molecule has 4 nitrogen and oxygen atoms in total. The van der Waals surface area contributed by atoms with Crippen LogP contribution in [0.1, 0.15) is 20.8 Å². The summed E-state index contributed by atoms with van der Waals surface area (Å²) in [6.45, 7) is 7.58. The van der Waals surface area contributed by atoms with Crippen molar-refractivity contribution in [2.75, 3.05) is 26.9 Å². The van der Waals surface area contributed by atoms with Crippen LogP contribution >= 0.6 is 0 Å². The Labute approximate surface area is 145 Å². The molecule has 0 saturated heterocycles. The molecule has 2 aromatic carbocycles. The first-order valence-corrected chi connectivity index (χ1v) is 10.1. The SMILES string of the molecule is CCO[Si](OCC)(OCC)c1ccc(-c2ccc(OC)cc2)cc1. The quantitative estimate of drug-likeness (QED) is 0.650. The maximum atomic E-state index is 5.95. The number of ether oxygens (including phenoxy) is 1. The highest BCUT2D eigenvalue weighted by Gasteiger charge is 2.43. The Hall–Kier alpha value is -1.66. The summed E-state index contributed by atoms with van der Waals surface area (Å²) in [6.07, 6.45) is 0. The summed E-state index contributed by atoms with van der Waals surface area (Å²) in [5.41, 5.74) is 2.27. The van der Waals surface area contributed by atoms with E-state index in [1.165, 1.54) is 0 Å². The Morgan fingerprint density at radius 3 is 1.46 bits per heavy atom. The van der Waals surface area contributed by atoms with Crippen LogP contribution in [0.15, 0.2) is 48.5 Å². The molecular weight excluding hydrogens is 320 g/mol. The normalized spacial score (nSPS) is 11.5. The van der Waals surface area contributed by atoms with Crippen LogP contribution in [0.5, 0.6) is 5.75 Å². The van der Waals surface area contributed by atoms with Gasteiger partial charge in [0.25, 0.3) is 0 Å². The second kappa shape index (κ2) is 8.99. The lowest BCUT2D eigenvalue weighted by Crippen LogP contribution is -2.56. The summed E-state index contributed by atoms with van der Waals surface area (Å²) in [7, 11) is -1.16. The predicted octanol–water partition coefficient (Wildman–Crippen LogP) is 3.62. The van der Waals surface area contributed by atoms with E-state index < -0.39 is 8.80 Å². The van der Waals surface area contributed by atoms with Gasteiger partial charge in [-0.15, -0.1) is 0 Å². The smallest absolute Gasteiger partial charge is 0.497 e. The van der Waals surface area contributed by atoms with E-state index in [0.29, 0.717) is 19.8 Å². The van der Waals surface area contributed by atoms with E-state index in [2.05, 4.69) is 12.1 Å². The molecule has 0 radical (unpaired) electrons. The van der Waals surface area contributed by atoms with Crippen LogP contribution in [0.3, 0.4) is 0 Å². The highest BCUT2D eigenvalue weighted by molar-refractivity contribution is 6.75. The summed E-state index contributed by atoms with van der Waals surface area (Å²) in [4.78, 5) is 0. The largest absolute Gasteiger partial charge is 0.537 e. The average Bonchev–Trinajstić information content (AvgIpc) is 2.62. The van der Waals surface area contributed by atoms with Crippen molar-refractivity contribution >= 4 is 14.0 Å². The van der Waals surface area contributed by atoms with E-state index in [0.717, 1.165) is 22.1 Å². The van der Waals surface area contributed by atoms with Gasteiger partial charge in [0.1, 0.15) is 5.75 Å². The van der Waals surface area contributed by atoms with Gasteiger partial charge in [-0.1, -0.05) is 36.4 Å². The zero-order valence-electron chi connectivity index (χ0n) is 14.9. The van der Waals surface area contributed by atoms with Crippen LogP contribution < -0.4 is 9.92 Å². The van der Waals surface area contributed by atoms with Gasteiger partial charge in [0.2, 0.25) is 0 Å². The summed E-state index contributed by atoms with van der Waals surface area (Å²) in [6, 6.07) is 16.3. The summed E-state index contributed by atoms with van der Waals surface area (Å²) < 4.78 is 23.1. The molecule has 0 atom stereocenters. The number of hydrogen-bond acceptors (Lipinski definition) is 4. The van der Waals surface area contributed by atoms with Gasteiger partial charge in [-0.25, -0.2) is 0 Å². The lowest BCUT2D eigenvalue weighted by atomic mass is 10.1. The lowest BCUT2D eigenvalue weighted by molar-refractivity contribution is 0.0859. The second-order valence-corrected chi connectivity index (χ2v) is 7.72. The van der Waals surface area contributed by atoms with Crippen LogP contribution in [-0.2, 0) is 13.3 Å². The molecule has 0 aliphatic rings. The molecule has 0 bridgehead atoms. The van der Waals surface area contributed by atoms with Crippen LogP contribution in [0.2, 0.25) is 0 Å². The van der Waals surface area contributed by atoms with E-state index in [-0.39, 0.29) is 0 Å². The van der Waals surface area contributed by atoms with Gasteiger partial charge in [0.05, 0.1) is 7.11 Å². The summed E-state index contributed by atoms with van der Waals surface area (Å²) in [5, 5.41) is 0.991. The first kappa shape index (κ1) is 18.7. The fraction of sp³-hybridized carbons (Fsp3) is 0.368. The molecule has 0 aliphatic heterocycles. The van der Waals surface area contributed by atoms with Crippen molar-refractivity contribution in [1.29, 1.82) is 0 Å². The van der Waals surface area contributed by atoms with Crippen LogP contribution in [0, 0.1) is 0 Å². The maximum absolute atomic E-state index is 5.95. The molecule has 0 fully saturated rings. The molecule has 0 unspecified atom stereocenters. The molecular formula is C19H26O4Si. The van der Waals surface area contributed by atoms with Crippen molar-refractivity contribution in [3.8, 4) is 16.9 Å². The summed E-state index contributed by atoms with van der Waals surface area (Å²) >= 11 is 0. The zero-order valence-corrected chi connectivity index (χ0v) is 15.9. The third-order valence-electron chi connectivity index (χ3n) is 3.66. The topological polar surface area (TPSA) is 36.9 Å². The lowest BCUT2D eigenvalue weighted by Gasteiger charge is -2.28. The molecule has 0 aromatic heterocycles. The first-order valence-electron chi connectivity index (χ1n) is 8.35. The van der Waals surface area contributed by atoms with Crippen molar-refractivity contribution in [3.05, 3.63) is 48.5 Å². The Kier molecular flexibility index (Phi) is 6.99. The minimum Gasteiger partial charge on any atom is -0.497 e. The van der Waals surface area contributed by atoms with E-state index in [9.17, 15) is 0 Å². The minimum absolute atomic E-state index is 0.562. The van der Waals surface area contributed by atoms with E-state index >= 15 is 0 Å². The number of methoxy groups -OCH3 is 1. The fourth-order valence-electron chi connectivity index (χ4n) is 2.60. The van der Waals surface area contributed by atoms with Gasteiger partial charge in [-0.2, -0.15) is 0 Å². The molecule has 130 valence electrons. The molecule has 24 heavy (non-hydrogen) atoms. The van der Waals surface area contributed by atoms with E-state index in [1.54, 1.807) is 7.11 Å². The standard InChI is InChI=1S/C19H26O4Si/c1-5-21-24(22-6-2,23-7-3)19-14-10-17(11-15-19)16-8-12-18(20-4)13-9-16/h8-15H,5-7H2,1-4H3. The molecule has 0 amide bonds. The molecule has 5 heteroatoms. The molecule has 0 heterocycles. The fourth-order valence-corrected chi connectivity index (χ4v) is 5.06. The van der Waals surface area contributed by atoms with Gasteiger partial charge < -0.3 is 18.0 Å². The maximum Gasteiger partial charge on any atom is 0.537 e. The molecule has 0 N–H and O–H groups in total. The minimum atomic E-state index is -2.83. The van der Waals surface area contributed by atoms with Gasteiger partial charge in [-0.3, -0.25) is 0 Å². The average molecular weight is 346 g/mol. The van der Waals surface area contributed by atoms with Gasteiger partial charge in [0.15, 0.2) is 0 Å². The van der Waals surface area contributed by atoms with Gasteiger partial charge in [0, 0.05) is 25.0 Å². The van der Waals surface area contributed by atoms with E-state index in [1.807, 2.05) is 57.2 Å². The monoisotopic (exact) mass is 346 g/mol. The summed E-state index contributed by atoms with van der Waals surface area (Å²) in [5.74, 6) is 0.853. The van der Waals surface area contributed by atoms with Crippen molar-refractivity contribution in [2.45, 2.75) is 20.8 Å². The highest BCUT2D eigenvalue weighted by atomic mass is 28.4. The highest BCUT2D eigenvalue weighted by Crippen LogP contribution is 2.22. The third kappa shape index (κ3) is 4.24. The zero-order chi connectivity index (χ0) is 17.4.